The van der Waals surface area contributed by atoms with Crippen LogP contribution < -0.4 is 0 Å². The molecular formula is C7H14O3. The van der Waals surface area contributed by atoms with E-state index in [2.05, 4.69) is 19.0 Å². The molecule has 0 radical (unpaired) electrons. The Morgan fingerprint density at radius 3 is 3.10 bits per heavy atom. The third-order valence-electron chi connectivity index (χ3n) is 1.65. The normalized spacial score (nSPS) is 34.9. The van der Waals surface area contributed by atoms with Crippen molar-refractivity contribution in [3.63, 3.8) is 0 Å². The minimum Gasteiger partial charge on any atom is -0.391 e. The van der Waals surface area contributed by atoms with Gasteiger partial charge < -0.3 is 14.6 Å². The van der Waals surface area contributed by atoms with Crippen molar-refractivity contribution >= 4 is 0 Å². The summed E-state index contributed by atoms with van der Waals surface area (Å²) in [7, 11) is 0. The van der Waals surface area contributed by atoms with Gasteiger partial charge in [-0.25, -0.2) is 0 Å². The van der Waals surface area contributed by atoms with Gasteiger partial charge in [-0.3, -0.25) is 0 Å². The van der Waals surface area contributed by atoms with Crippen molar-refractivity contribution < 1.29 is 14.6 Å². The zero-order valence-corrected chi connectivity index (χ0v) is 6.37. The molecule has 0 aromatic heterocycles. The summed E-state index contributed by atoms with van der Waals surface area (Å²) in [5.41, 5.74) is 0. The van der Waals surface area contributed by atoms with Crippen molar-refractivity contribution in [2.75, 3.05) is 13.2 Å². The summed E-state index contributed by atoms with van der Waals surface area (Å²) >= 11 is 0. The summed E-state index contributed by atoms with van der Waals surface area (Å²) in [5, 5.41) is 4.15. The fourth-order valence-electron chi connectivity index (χ4n) is 0.913. The number of rotatable bonds is 3. The largest absolute Gasteiger partial charge is 0.391 e. The SMILES string of the molecule is [2H]OCC1OCC(C(C)C)O1. The molecule has 3 nitrogen and oxygen atoms in total. The molecule has 60 valence electrons. The van der Waals surface area contributed by atoms with Gasteiger partial charge in [0.1, 0.15) is 0 Å². The quantitative estimate of drug-likeness (QED) is 0.627. The van der Waals surface area contributed by atoms with E-state index in [0.29, 0.717) is 12.5 Å². The molecule has 1 aliphatic heterocycles. The lowest BCUT2D eigenvalue weighted by Gasteiger charge is -2.11. The molecule has 0 aromatic rings. The van der Waals surface area contributed by atoms with Gasteiger partial charge in [-0.05, 0) is 5.92 Å². The lowest BCUT2D eigenvalue weighted by molar-refractivity contribution is -0.0928. The first-order valence-corrected chi connectivity index (χ1v) is 3.59. The van der Waals surface area contributed by atoms with Crippen LogP contribution >= 0.6 is 0 Å². The summed E-state index contributed by atoms with van der Waals surface area (Å²) in [4.78, 5) is 0. The Morgan fingerprint density at radius 2 is 2.60 bits per heavy atom. The molecule has 0 spiro atoms. The number of hydrogen-bond acceptors (Lipinski definition) is 3. The van der Waals surface area contributed by atoms with Crippen LogP contribution in [0.3, 0.4) is 0 Å². The highest BCUT2D eigenvalue weighted by Gasteiger charge is 2.27. The Kier molecular flexibility index (Phi) is 2.19. The highest BCUT2D eigenvalue weighted by molar-refractivity contribution is 4.67. The number of aliphatic hydroxyl groups excluding tert-OH is 1. The van der Waals surface area contributed by atoms with Gasteiger partial charge in [-0.15, -0.1) is 0 Å². The van der Waals surface area contributed by atoms with Gasteiger partial charge >= 0.3 is 0 Å². The average molecular weight is 147 g/mol. The van der Waals surface area contributed by atoms with Crippen molar-refractivity contribution in [1.29, 1.82) is 1.43 Å². The second-order valence-corrected chi connectivity index (χ2v) is 2.85. The smallest absolute Gasteiger partial charge is 0.210 e. The molecule has 0 saturated carbocycles. The van der Waals surface area contributed by atoms with Crippen LogP contribution in [0, 0.1) is 5.92 Å². The molecule has 1 rings (SSSR count). The maximum Gasteiger partial charge on any atom is 0.210 e. The predicted octanol–water partition coefficient (Wildman–Crippen LogP) is 0.376. The fourth-order valence-corrected chi connectivity index (χ4v) is 0.913. The summed E-state index contributed by atoms with van der Waals surface area (Å²) in [6, 6.07) is 0. The molecular weight excluding hydrogens is 132 g/mol. The summed E-state index contributed by atoms with van der Waals surface area (Å²) < 4.78 is 17.1. The molecule has 2 unspecified atom stereocenters. The van der Waals surface area contributed by atoms with Gasteiger partial charge in [-0.2, -0.15) is 0 Å². The molecule has 1 heterocycles. The summed E-state index contributed by atoms with van der Waals surface area (Å²) in [6.45, 7) is 4.98. The first-order valence-electron chi connectivity index (χ1n) is 4.00. The molecule has 0 aliphatic carbocycles. The van der Waals surface area contributed by atoms with E-state index in [1.54, 1.807) is 0 Å². The van der Waals surface area contributed by atoms with E-state index in [1.807, 2.05) is 0 Å². The van der Waals surface area contributed by atoms with E-state index >= 15 is 0 Å². The van der Waals surface area contributed by atoms with Gasteiger partial charge in [0.25, 0.3) is 0 Å². The second kappa shape index (κ2) is 3.32. The summed E-state index contributed by atoms with van der Waals surface area (Å²) in [6.07, 6.45) is -0.171. The van der Waals surface area contributed by atoms with Crippen LogP contribution in [0.2, 0.25) is 0 Å². The maximum absolute atomic E-state index is 6.48. The summed E-state index contributed by atoms with van der Waals surface area (Å²) in [5.74, 6) is 0.464. The van der Waals surface area contributed by atoms with Crippen molar-refractivity contribution in [3.05, 3.63) is 0 Å². The predicted molar refractivity (Wildman–Crippen MR) is 36.5 cm³/mol. The fraction of sp³-hybridized carbons (Fsp3) is 1.00. The third-order valence-corrected chi connectivity index (χ3v) is 1.65. The molecule has 0 aromatic carbocycles. The van der Waals surface area contributed by atoms with Crippen LogP contribution in [0.5, 0.6) is 0 Å². The molecule has 1 N–H and O–H groups in total. The van der Waals surface area contributed by atoms with E-state index in [4.69, 9.17) is 10.9 Å². The Hall–Kier alpha value is -0.120. The second-order valence-electron chi connectivity index (χ2n) is 2.85. The molecule has 2 atom stereocenters. The van der Waals surface area contributed by atoms with E-state index in [-0.39, 0.29) is 19.0 Å². The van der Waals surface area contributed by atoms with Crippen LogP contribution in [0.15, 0.2) is 0 Å². The minimum absolute atomic E-state index is 0.162. The Bertz CT molecular complexity index is 118. The topological polar surface area (TPSA) is 38.7 Å². The Balaban J connectivity index is 2.23. The van der Waals surface area contributed by atoms with Crippen LogP contribution in [0.4, 0.5) is 0 Å². The van der Waals surface area contributed by atoms with Gasteiger partial charge in [0, 0.05) is 0 Å². The van der Waals surface area contributed by atoms with Crippen molar-refractivity contribution in [2.24, 2.45) is 5.92 Å². The van der Waals surface area contributed by atoms with Gasteiger partial charge in [0.05, 0.1) is 19.3 Å². The van der Waals surface area contributed by atoms with Crippen molar-refractivity contribution in [2.45, 2.75) is 26.2 Å². The van der Waals surface area contributed by atoms with Crippen molar-refractivity contribution in [3.8, 4) is 0 Å². The molecule has 1 saturated heterocycles. The number of aliphatic hydroxyl groups is 1. The van der Waals surface area contributed by atoms with E-state index in [0.717, 1.165) is 0 Å². The van der Waals surface area contributed by atoms with Crippen LogP contribution in [-0.2, 0) is 9.47 Å². The van der Waals surface area contributed by atoms with Gasteiger partial charge in [-0.1, -0.05) is 13.8 Å². The maximum atomic E-state index is 6.48. The van der Waals surface area contributed by atoms with Gasteiger partial charge in [0.15, 0.2) is 6.29 Å². The average Bonchev–Trinajstić information content (AvgIpc) is 2.37. The molecule has 0 amide bonds. The van der Waals surface area contributed by atoms with E-state index in [9.17, 15) is 0 Å². The van der Waals surface area contributed by atoms with E-state index in [1.165, 1.54) is 0 Å². The van der Waals surface area contributed by atoms with Crippen LogP contribution in [0.1, 0.15) is 13.8 Å². The van der Waals surface area contributed by atoms with Gasteiger partial charge in [0.2, 0.25) is 1.43 Å². The monoisotopic (exact) mass is 147 g/mol. The van der Waals surface area contributed by atoms with Crippen LogP contribution in [0.25, 0.3) is 0 Å². The first-order chi connectivity index (χ1) is 5.24. The molecule has 3 heteroatoms. The third kappa shape index (κ3) is 1.68. The lowest BCUT2D eigenvalue weighted by atomic mass is 10.1. The molecule has 1 fully saturated rings. The first kappa shape index (κ1) is 6.58. The standard InChI is InChI=1S/C7H14O3/c1-5(2)6-4-9-7(3-8)10-6/h5-8H,3-4H2,1-2H3/i8D. The highest BCUT2D eigenvalue weighted by Crippen LogP contribution is 2.17. The zero-order chi connectivity index (χ0) is 8.27. The number of hydrogen-bond donors (Lipinski definition) is 1. The molecule has 10 heavy (non-hydrogen) atoms. The minimum atomic E-state index is -0.333. The zero-order valence-electron chi connectivity index (χ0n) is 7.37. The lowest BCUT2D eigenvalue weighted by Crippen LogP contribution is -2.19. The number of ether oxygens (including phenoxy) is 2. The van der Waals surface area contributed by atoms with Crippen LogP contribution in [-0.4, -0.2) is 32.1 Å². The Labute approximate surface area is 62.4 Å². The highest BCUT2D eigenvalue weighted by atomic mass is 16.7. The van der Waals surface area contributed by atoms with Crippen molar-refractivity contribution in [1.82, 2.24) is 0 Å². The molecule has 1 aliphatic rings. The molecule has 0 bridgehead atoms. The Morgan fingerprint density at radius 1 is 1.80 bits per heavy atom. The van der Waals surface area contributed by atoms with E-state index < -0.39 is 0 Å².